The van der Waals surface area contributed by atoms with Crippen LogP contribution in [0.5, 0.6) is 0 Å². The minimum Gasteiger partial charge on any atom is -0.120 e. The molecule has 2 fully saturated rings. The molecule has 4 rings (SSSR count). The number of allylic oxidation sites excluding steroid dienone is 1. The summed E-state index contributed by atoms with van der Waals surface area (Å²) in [6.45, 7) is 11.6. The molecule has 0 aromatic heterocycles. The number of hydrogen-bond acceptors (Lipinski definition) is 0. The summed E-state index contributed by atoms with van der Waals surface area (Å²) in [5.41, 5.74) is 4.79. The Morgan fingerprint density at radius 3 is 2.00 bits per heavy atom. The van der Waals surface area contributed by atoms with Gasteiger partial charge < -0.3 is 0 Å². The average molecular weight is 383 g/mol. The van der Waals surface area contributed by atoms with E-state index in [9.17, 15) is 0 Å². The topological polar surface area (TPSA) is 0 Å². The third-order valence-corrected chi connectivity index (χ3v) is 8.07. The Balaban J connectivity index is 1.92. The molecule has 4 unspecified atom stereocenters. The van der Waals surface area contributed by atoms with Crippen molar-refractivity contribution < 1.29 is 0 Å². The zero-order valence-corrected chi connectivity index (χ0v) is 18.3. The SMILES string of the molecule is C#CCC12CC(C)(C(=C)C)CC(c3ccccc3)(C1)CC(C)(c1ccccc1)C2. The van der Waals surface area contributed by atoms with E-state index in [2.05, 4.69) is 93.9 Å². The molecule has 0 heteroatoms. The molecule has 0 spiro atoms. The molecular formula is C29H34. The second-order valence-electron chi connectivity index (χ2n) is 10.7. The maximum atomic E-state index is 5.99. The molecule has 0 radical (unpaired) electrons. The largest absolute Gasteiger partial charge is 0.120 e. The number of benzene rings is 2. The van der Waals surface area contributed by atoms with Gasteiger partial charge >= 0.3 is 0 Å². The first-order valence-electron chi connectivity index (χ1n) is 11.0. The monoisotopic (exact) mass is 382 g/mol. The molecular weight excluding hydrogens is 348 g/mol. The van der Waals surface area contributed by atoms with Gasteiger partial charge in [-0.25, -0.2) is 0 Å². The normalized spacial score (nSPS) is 36.2. The Labute approximate surface area is 177 Å². The Morgan fingerprint density at radius 1 is 0.862 bits per heavy atom. The first-order chi connectivity index (χ1) is 13.7. The van der Waals surface area contributed by atoms with Gasteiger partial charge in [0.2, 0.25) is 0 Å². The molecule has 2 bridgehead atoms. The van der Waals surface area contributed by atoms with Crippen LogP contribution in [0.2, 0.25) is 0 Å². The lowest BCUT2D eigenvalue weighted by atomic mass is 9.40. The van der Waals surface area contributed by atoms with Gasteiger partial charge in [-0.15, -0.1) is 12.3 Å². The van der Waals surface area contributed by atoms with Crippen LogP contribution < -0.4 is 0 Å². The van der Waals surface area contributed by atoms with E-state index in [1.165, 1.54) is 29.5 Å². The minimum absolute atomic E-state index is 0.128. The van der Waals surface area contributed by atoms with Crippen LogP contribution in [-0.4, -0.2) is 0 Å². The van der Waals surface area contributed by atoms with E-state index in [0.717, 1.165) is 25.7 Å². The number of fused-ring (bicyclic) bond motifs is 2. The highest BCUT2D eigenvalue weighted by Crippen LogP contribution is 2.68. The Hall–Kier alpha value is -2.26. The van der Waals surface area contributed by atoms with Crippen molar-refractivity contribution >= 4 is 0 Å². The molecule has 29 heavy (non-hydrogen) atoms. The zero-order chi connectivity index (χ0) is 20.8. The molecule has 2 aliphatic carbocycles. The van der Waals surface area contributed by atoms with E-state index in [-0.39, 0.29) is 21.7 Å². The molecule has 4 atom stereocenters. The highest BCUT2D eigenvalue weighted by molar-refractivity contribution is 5.37. The van der Waals surface area contributed by atoms with Crippen molar-refractivity contribution in [3.05, 3.63) is 83.9 Å². The smallest absolute Gasteiger partial charge is 0.0144 e. The van der Waals surface area contributed by atoms with Crippen molar-refractivity contribution in [1.29, 1.82) is 0 Å². The van der Waals surface area contributed by atoms with Crippen molar-refractivity contribution in [3.63, 3.8) is 0 Å². The van der Waals surface area contributed by atoms with Gasteiger partial charge in [0.1, 0.15) is 0 Å². The van der Waals surface area contributed by atoms with Gasteiger partial charge in [0.05, 0.1) is 0 Å². The second kappa shape index (κ2) is 6.91. The summed E-state index contributed by atoms with van der Waals surface area (Å²) in [4.78, 5) is 0. The highest BCUT2D eigenvalue weighted by atomic mass is 14.6. The van der Waals surface area contributed by atoms with Gasteiger partial charge in [-0.2, -0.15) is 0 Å². The van der Waals surface area contributed by atoms with Crippen LogP contribution in [0.15, 0.2) is 72.8 Å². The van der Waals surface area contributed by atoms with Crippen LogP contribution >= 0.6 is 0 Å². The number of rotatable bonds is 4. The second-order valence-corrected chi connectivity index (χ2v) is 10.7. The third-order valence-electron chi connectivity index (χ3n) is 8.07. The van der Waals surface area contributed by atoms with Crippen LogP contribution in [0.3, 0.4) is 0 Å². The summed E-state index contributed by atoms with van der Waals surface area (Å²) in [6, 6.07) is 22.4. The van der Waals surface area contributed by atoms with E-state index in [4.69, 9.17) is 6.42 Å². The molecule has 0 aliphatic heterocycles. The maximum Gasteiger partial charge on any atom is 0.0144 e. The molecule has 0 saturated heterocycles. The standard InChI is InChI=1S/C29H34/c1-6-17-28-18-26(4,23(2)3)20-29(22-28,25-15-11-8-12-16-25)21-27(5,19-28)24-13-9-7-10-14-24/h1,7-16H,2,17-22H2,3-5H3. The number of hydrogen-bond donors (Lipinski definition) is 0. The van der Waals surface area contributed by atoms with Crippen LogP contribution in [0.1, 0.15) is 70.4 Å². The first-order valence-corrected chi connectivity index (χ1v) is 11.0. The van der Waals surface area contributed by atoms with Crippen LogP contribution in [0, 0.1) is 23.2 Å². The molecule has 0 N–H and O–H groups in total. The summed E-state index contributed by atoms with van der Waals surface area (Å²) in [6.07, 6.45) is 12.7. The van der Waals surface area contributed by atoms with Gasteiger partial charge in [0.25, 0.3) is 0 Å². The van der Waals surface area contributed by atoms with Crippen molar-refractivity contribution in [1.82, 2.24) is 0 Å². The van der Waals surface area contributed by atoms with E-state index in [1.807, 2.05) is 0 Å². The van der Waals surface area contributed by atoms with Crippen molar-refractivity contribution in [2.45, 2.75) is 70.1 Å². The van der Waals surface area contributed by atoms with Crippen molar-refractivity contribution in [2.24, 2.45) is 10.8 Å². The Morgan fingerprint density at radius 2 is 1.45 bits per heavy atom. The van der Waals surface area contributed by atoms with Gasteiger partial charge in [-0.1, -0.05) is 86.7 Å². The molecule has 2 aliphatic rings. The quantitative estimate of drug-likeness (QED) is 0.380. The third kappa shape index (κ3) is 3.36. The summed E-state index contributed by atoms with van der Waals surface area (Å²) in [5.74, 6) is 3.09. The predicted octanol–water partition coefficient (Wildman–Crippen LogP) is 7.45. The van der Waals surface area contributed by atoms with E-state index in [0.29, 0.717) is 0 Å². The maximum absolute atomic E-state index is 5.99. The molecule has 2 aromatic carbocycles. The van der Waals surface area contributed by atoms with E-state index in [1.54, 1.807) is 0 Å². The van der Waals surface area contributed by atoms with Gasteiger partial charge in [0, 0.05) is 6.42 Å². The van der Waals surface area contributed by atoms with Crippen molar-refractivity contribution in [3.8, 4) is 12.3 Å². The lowest BCUT2D eigenvalue weighted by molar-refractivity contribution is -0.0438. The van der Waals surface area contributed by atoms with Crippen LogP contribution in [0.25, 0.3) is 0 Å². The lowest BCUT2D eigenvalue weighted by Gasteiger charge is -2.63. The Bertz CT molecular complexity index is 929. The molecule has 2 aromatic rings. The fraction of sp³-hybridized carbons (Fsp3) is 0.448. The van der Waals surface area contributed by atoms with Gasteiger partial charge in [-0.05, 0) is 71.8 Å². The lowest BCUT2D eigenvalue weighted by Crippen LogP contribution is -2.56. The predicted molar refractivity (Wildman–Crippen MR) is 124 cm³/mol. The molecule has 150 valence electrons. The average Bonchev–Trinajstić information content (AvgIpc) is 2.68. The van der Waals surface area contributed by atoms with E-state index >= 15 is 0 Å². The first kappa shape index (κ1) is 20.0. The zero-order valence-electron chi connectivity index (χ0n) is 18.3. The van der Waals surface area contributed by atoms with Gasteiger partial charge in [-0.3, -0.25) is 0 Å². The summed E-state index contributed by atoms with van der Waals surface area (Å²) in [7, 11) is 0. The molecule has 0 nitrogen and oxygen atoms in total. The number of terminal acetylenes is 1. The fourth-order valence-corrected chi connectivity index (χ4v) is 7.22. The summed E-state index contributed by atoms with van der Waals surface area (Å²) < 4.78 is 0. The van der Waals surface area contributed by atoms with E-state index < -0.39 is 0 Å². The van der Waals surface area contributed by atoms with Crippen molar-refractivity contribution in [2.75, 3.05) is 0 Å². The highest BCUT2D eigenvalue weighted by Gasteiger charge is 2.60. The van der Waals surface area contributed by atoms with Crippen LogP contribution in [-0.2, 0) is 10.8 Å². The minimum atomic E-state index is 0.128. The fourth-order valence-electron chi connectivity index (χ4n) is 7.22. The van der Waals surface area contributed by atoms with Crippen LogP contribution in [0.4, 0.5) is 0 Å². The molecule has 2 saturated carbocycles. The summed E-state index contributed by atoms with van der Waals surface area (Å²) in [5, 5.41) is 0. The Kier molecular flexibility index (Phi) is 4.77. The summed E-state index contributed by atoms with van der Waals surface area (Å²) >= 11 is 0. The molecule has 0 heterocycles. The molecule has 0 amide bonds. The van der Waals surface area contributed by atoms with Gasteiger partial charge in [0.15, 0.2) is 0 Å².